The van der Waals surface area contributed by atoms with Crippen LogP contribution >= 0.6 is 11.6 Å². The SMILES string of the molecule is O=C(c1cn2cc(Cl)ccc2n1)N1CCc2oc(C3CCC3)nc2C1. The van der Waals surface area contributed by atoms with Gasteiger partial charge in [0.15, 0.2) is 5.89 Å². The molecule has 25 heavy (non-hydrogen) atoms. The van der Waals surface area contributed by atoms with Gasteiger partial charge >= 0.3 is 0 Å². The van der Waals surface area contributed by atoms with Crippen LogP contribution in [0.15, 0.2) is 28.9 Å². The third kappa shape index (κ3) is 2.52. The van der Waals surface area contributed by atoms with Gasteiger partial charge in [-0.2, -0.15) is 0 Å². The summed E-state index contributed by atoms with van der Waals surface area (Å²) in [5.41, 5.74) is 2.03. The molecule has 3 aromatic rings. The molecule has 5 rings (SSSR count). The lowest BCUT2D eigenvalue weighted by Gasteiger charge is -2.24. The number of carbonyl (C=O) groups excluding carboxylic acids is 1. The van der Waals surface area contributed by atoms with Gasteiger partial charge in [0.25, 0.3) is 5.91 Å². The molecule has 0 N–H and O–H groups in total. The van der Waals surface area contributed by atoms with Crippen molar-refractivity contribution in [1.82, 2.24) is 19.3 Å². The Morgan fingerprint density at radius 1 is 1.24 bits per heavy atom. The number of rotatable bonds is 2. The second-order valence-electron chi connectivity index (χ2n) is 6.77. The van der Waals surface area contributed by atoms with Crippen molar-refractivity contribution >= 4 is 23.2 Å². The lowest BCUT2D eigenvalue weighted by Crippen LogP contribution is -2.36. The average Bonchev–Trinajstić information content (AvgIpc) is 3.14. The molecule has 2 aliphatic rings. The van der Waals surface area contributed by atoms with Crippen LogP contribution in [0.3, 0.4) is 0 Å². The zero-order valence-corrected chi connectivity index (χ0v) is 14.4. The Morgan fingerprint density at radius 3 is 2.92 bits per heavy atom. The van der Waals surface area contributed by atoms with Crippen molar-refractivity contribution in [1.29, 1.82) is 0 Å². The van der Waals surface area contributed by atoms with E-state index in [2.05, 4.69) is 9.97 Å². The van der Waals surface area contributed by atoms with E-state index in [4.69, 9.17) is 16.0 Å². The first-order chi connectivity index (χ1) is 12.2. The highest BCUT2D eigenvalue weighted by atomic mass is 35.5. The first-order valence-electron chi connectivity index (χ1n) is 8.59. The fourth-order valence-electron chi connectivity index (χ4n) is 3.45. The second kappa shape index (κ2) is 5.59. The largest absolute Gasteiger partial charge is 0.445 e. The molecule has 4 heterocycles. The number of fused-ring (bicyclic) bond motifs is 2. The van der Waals surface area contributed by atoms with Crippen molar-refractivity contribution in [2.45, 2.75) is 38.1 Å². The van der Waals surface area contributed by atoms with E-state index in [1.807, 2.05) is 0 Å². The number of hydrogen-bond donors (Lipinski definition) is 0. The van der Waals surface area contributed by atoms with Gasteiger partial charge in [-0.1, -0.05) is 18.0 Å². The molecule has 0 unspecified atom stereocenters. The molecule has 0 aromatic carbocycles. The number of halogens is 1. The molecule has 7 heteroatoms. The van der Waals surface area contributed by atoms with Gasteiger partial charge < -0.3 is 13.7 Å². The second-order valence-corrected chi connectivity index (χ2v) is 7.20. The molecule has 1 amide bonds. The van der Waals surface area contributed by atoms with Gasteiger partial charge in [-0.15, -0.1) is 0 Å². The smallest absolute Gasteiger partial charge is 0.274 e. The Bertz CT molecular complexity index is 973. The van der Waals surface area contributed by atoms with Crippen LogP contribution in [-0.2, 0) is 13.0 Å². The molecule has 1 aliphatic carbocycles. The van der Waals surface area contributed by atoms with Crippen molar-refractivity contribution in [3.63, 3.8) is 0 Å². The summed E-state index contributed by atoms with van der Waals surface area (Å²) in [5, 5.41) is 0.609. The molecule has 0 bridgehead atoms. The summed E-state index contributed by atoms with van der Waals surface area (Å²) in [6.45, 7) is 1.11. The van der Waals surface area contributed by atoms with Crippen LogP contribution in [-0.4, -0.2) is 31.7 Å². The summed E-state index contributed by atoms with van der Waals surface area (Å²) in [5.74, 6) is 2.18. The summed E-state index contributed by atoms with van der Waals surface area (Å²) < 4.78 is 7.70. The minimum atomic E-state index is -0.0846. The van der Waals surface area contributed by atoms with Gasteiger partial charge in [0.05, 0.1) is 11.6 Å². The molecular formula is C18H17ClN4O2. The van der Waals surface area contributed by atoms with Crippen LogP contribution in [0, 0.1) is 0 Å². The Labute approximate surface area is 149 Å². The molecular weight excluding hydrogens is 340 g/mol. The van der Waals surface area contributed by atoms with Crippen LogP contribution in [0.1, 0.15) is 53.0 Å². The van der Waals surface area contributed by atoms with E-state index in [1.165, 1.54) is 6.42 Å². The quantitative estimate of drug-likeness (QED) is 0.705. The molecule has 0 atom stereocenters. The highest BCUT2D eigenvalue weighted by Crippen LogP contribution is 2.37. The summed E-state index contributed by atoms with van der Waals surface area (Å²) in [4.78, 5) is 23.7. The molecule has 1 aliphatic heterocycles. The van der Waals surface area contributed by atoms with Gasteiger partial charge in [-0.05, 0) is 25.0 Å². The van der Waals surface area contributed by atoms with Crippen molar-refractivity contribution in [3.05, 3.63) is 52.6 Å². The Hall–Kier alpha value is -2.34. The van der Waals surface area contributed by atoms with E-state index >= 15 is 0 Å². The zero-order valence-electron chi connectivity index (χ0n) is 13.6. The van der Waals surface area contributed by atoms with Gasteiger partial charge in [0.2, 0.25) is 0 Å². The monoisotopic (exact) mass is 356 g/mol. The maximum absolute atomic E-state index is 12.8. The predicted octanol–water partition coefficient (Wildman–Crippen LogP) is 3.44. The van der Waals surface area contributed by atoms with E-state index < -0.39 is 0 Å². The lowest BCUT2D eigenvalue weighted by atomic mass is 9.85. The third-order valence-electron chi connectivity index (χ3n) is 5.12. The van der Waals surface area contributed by atoms with Gasteiger partial charge in [0, 0.05) is 31.3 Å². The fourth-order valence-corrected chi connectivity index (χ4v) is 3.62. The van der Waals surface area contributed by atoms with Crippen LogP contribution in [0.25, 0.3) is 5.65 Å². The Kier molecular flexibility index (Phi) is 3.35. The summed E-state index contributed by atoms with van der Waals surface area (Å²) >= 11 is 5.99. The molecule has 6 nitrogen and oxygen atoms in total. The van der Waals surface area contributed by atoms with Crippen molar-refractivity contribution in [3.8, 4) is 0 Å². The zero-order chi connectivity index (χ0) is 17.0. The highest BCUT2D eigenvalue weighted by molar-refractivity contribution is 6.30. The standard InChI is InChI=1S/C18H17ClN4O2/c19-12-4-5-16-20-14(10-23(16)8-12)18(24)22-7-6-15-13(9-22)21-17(25-15)11-2-1-3-11/h4-5,8,10-11H,1-3,6-7,9H2. The Balaban J connectivity index is 1.39. The van der Waals surface area contributed by atoms with Crippen molar-refractivity contribution in [2.75, 3.05) is 6.54 Å². The van der Waals surface area contributed by atoms with E-state index in [1.54, 1.807) is 33.8 Å². The maximum atomic E-state index is 12.8. The van der Waals surface area contributed by atoms with Crippen LogP contribution in [0.5, 0.6) is 0 Å². The predicted molar refractivity (Wildman–Crippen MR) is 91.7 cm³/mol. The van der Waals surface area contributed by atoms with Gasteiger partial charge in [0.1, 0.15) is 22.8 Å². The number of nitrogens with zero attached hydrogens (tertiary/aromatic N) is 4. The average molecular weight is 357 g/mol. The number of aromatic nitrogens is 3. The third-order valence-corrected chi connectivity index (χ3v) is 5.34. The Morgan fingerprint density at radius 2 is 2.12 bits per heavy atom. The van der Waals surface area contributed by atoms with E-state index in [9.17, 15) is 4.79 Å². The first-order valence-corrected chi connectivity index (χ1v) is 8.97. The van der Waals surface area contributed by atoms with Crippen molar-refractivity contribution in [2.24, 2.45) is 0 Å². The number of amides is 1. The van der Waals surface area contributed by atoms with E-state index in [-0.39, 0.29) is 5.91 Å². The first kappa shape index (κ1) is 15.0. The maximum Gasteiger partial charge on any atom is 0.274 e. The fraction of sp³-hybridized carbons (Fsp3) is 0.389. The number of pyridine rings is 1. The number of hydrogen-bond acceptors (Lipinski definition) is 4. The van der Waals surface area contributed by atoms with E-state index in [0.717, 1.165) is 30.2 Å². The highest BCUT2D eigenvalue weighted by Gasteiger charge is 2.31. The number of oxazole rings is 1. The van der Waals surface area contributed by atoms with Gasteiger partial charge in [-0.25, -0.2) is 9.97 Å². The van der Waals surface area contributed by atoms with Crippen molar-refractivity contribution < 1.29 is 9.21 Å². The minimum absolute atomic E-state index is 0.0846. The minimum Gasteiger partial charge on any atom is -0.445 e. The molecule has 0 spiro atoms. The lowest BCUT2D eigenvalue weighted by molar-refractivity contribution is 0.0722. The molecule has 128 valence electrons. The summed E-state index contributed by atoms with van der Waals surface area (Å²) in [6.07, 6.45) is 7.75. The normalized spacial score (nSPS) is 17.6. The molecule has 1 saturated carbocycles. The topological polar surface area (TPSA) is 63.6 Å². The van der Waals surface area contributed by atoms with Gasteiger partial charge in [-0.3, -0.25) is 4.79 Å². The van der Waals surface area contributed by atoms with Crippen LogP contribution < -0.4 is 0 Å². The molecule has 3 aromatic heterocycles. The molecule has 1 fully saturated rings. The van der Waals surface area contributed by atoms with Crippen LogP contribution in [0.4, 0.5) is 0 Å². The number of imidazole rings is 1. The van der Waals surface area contributed by atoms with E-state index in [0.29, 0.717) is 41.8 Å². The molecule has 0 radical (unpaired) electrons. The summed E-state index contributed by atoms with van der Waals surface area (Å²) in [6, 6.07) is 3.57. The number of carbonyl (C=O) groups is 1. The van der Waals surface area contributed by atoms with Crippen LogP contribution in [0.2, 0.25) is 5.02 Å². The summed E-state index contributed by atoms with van der Waals surface area (Å²) in [7, 11) is 0. The molecule has 0 saturated heterocycles.